The molecule has 0 unspecified atom stereocenters. The maximum absolute atomic E-state index is 12.8. The molecular formula is C16H21F3N4OS. The number of hydrogen-bond donors (Lipinski definition) is 0. The van der Waals surface area contributed by atoms with Crippen LogP contribution in [0.15, 0.2) is 12.3 Å². The van der Waals surface area contributed by atoms with Gasteiger partial charge >= 0.3 is 6.18 Å². The molecule has 5 nitrogen and oxygen atoms in total. The van der Waals surface area contributed by atoms with Crippen LogP contribution in [0.5, 0.6) is 0 Å². The second kappa shape index (κ2) is 7.80. The molecule has 0 spiro atoms. The number of hydrogen-bond acceptors (Lipinski definition) is 5. The Hall–Kier alpha value is -1.51. The van der Waals surface area contributed by atoms with Gasteiger partial charge < -0.3 is 9.80 Å². The van der Waals surface area contributed by atoms with E-state index < -0.39 is 11.9 Å². The lowest BCUT2D eigenvalue weighted by atomic mass is 9.93. The van der Waals surface area contributed by atoms with Gasteiger partial charge in [0.15, 0.2) is 0 Å². The lowest BCUT2D eigenvalue weighted by molar-refractivity contribution is -0.141. The lowest BCUT2D eigenvalue weighted by Crippen LogP contribution is -2.41. The van der Waals surface area contributed by atoms with E-state index in [1.165, 1.54) is 0 Å². The molecule has 3 heterocycles. The molecule has 1 aromatic rings. The zero-order valence-corrected chi connectivity index (χ0v) is 14.7. The van der Waals surface area contributed by atoms with Crippen molar-refractivity contribution in [3.8, 4) is 0 Å². The molecule has 2 aliphatic rings. The van der Waals surface area contributed by atoms with Gasteiger partial charge in [-0.3, -0.25) is 4.79 Å². The highest BCUT2D eigenvalue weighted by Crippen LogP contribution is 2.29. The zero-order valence-electron chi connectivity index (χ0n) is 13.8. The predicted octanol–water partition coefficient (Wildman–Crippen LogP) is 2.68. The molecule has 25 heavy (non-hydrogen) atoms. The molecule has 1 aromatic heterocycles. The van der Waals surface area contributed by atoms with Crippen molar-refractivity contribution in [2.24, 2.45) is 5.92 Å². The number of carbonyl (C=O) groups is 1. The van der Waals surface area contributed by atoms with Gasteiger partial charge in [-0.25, -0.2) is 9.97 Å². The molecule has 2 aliphatic heterocycles. The SMILES string of the molecule is O=C(CC1CCN(c2nccc(C(F)(F)F)n2)CC1)N1CCSCC1. The van der Waals surface area contributed by atoms with Gasteiger partial charge in [0.05, 0.1) is 0 Å². The number of carbonyl (C=O) groups excluding carboxylic acids is 1. The summed E-state index contributed by atoms with van der Waals surface area (Å²) in [5, 5.41) is 0. The number of aromatic nitrogens is 2. The van der Waals surface area contributed by atoms with E-state index in [1.807, 2.05) is 16.7 Å². The maximum atomic E-state index is 12.8. The predicted molar refractivity (Wildman–Crippen MR) is 90.5 cm³/mol. The molecule has 0 radical (unpaired) electrons. The number of piperidine rings is 1. The Labute approximate surface area is 149 Å². The summed E-state index contributed by atoms with van der Waals surface area (Å²) < 4.78 is 38.3. The van der Waals surface area contributed by atoms with Crippen molar-refractivity contribution in [3.63, 3.8) is 0 Å². The molecule has 1 amide bonds. The average Bonchev–Trinajstić information content (AvgIpc) is 2.62. The molecule has 0 saturated carbocycles. The minimum Gasteiger partial charge on any atom is -0.341 e. The number of nitrogens with zero attached hydrogens (tertiary/aromatic N) is 4. The Morgan fingerprint density at radius 1 is 1.20 bits per heavy atom. The highest BCUT2D eigenvalue weighted by atomic mass is 32.2. The average molecular weight is 374 g/mol. The summed E-state index contributed by atoms with van der Waals surface area (Å²) in [7, 11) is 0. The van der Waals surface area contributed by atoms with Crippen molar-refractivity contribution in [2.45, 2.75) is 25.4 Å². The first-order valence-corrected chi connectivity index (χ1v) is 9.59. The largest absolute Gasteiger partial charge is 0.433 e. The molecular weight excluding hydrogens is 353 g/mol. The minimum absolute atomic E-state index is 0.118. The fraction of sp³-hybridized carbons (Fsp3) is 0.688. The van der Waals surface area contributed by atoms with Gasteiger partial charge in [-0.05, 0) is 24.8 Å². The summed E-state index contributed by atoms with van der Waals surface area (Å²) in [6.07, 6.45) is -1.24. The van der Waals surface area contributed by atoms with Crippen LogP contribution in [0.25, 0.3) is 0 Å². The van der Waals surface area contributed by atoms with Gasteiger partial charge in [-0.15, -0.1) is 0 Å². The third-order valence-corrected chi connectivity index (χ3v) is 5.60. The van der Waals surface area contributed by atoms with Crippen molar-refractivity contribution in [1.82, 2.24) is 14.9 Å². The van der Waals surface area contributed by atoms with Gasteiger partial charge in [-0.1, -0.05) is 0 Å². The third-order valence-electron chi connectivity index (χ3n) is 4.66. The van der Waals surface area contributed by atoms with Crippen LogP contribution < -0.4 is 4.90 Å². The van der Waals surface area contributed by atoms with Crippen LogP contribution in [0, 0.1) is 5.92 Å². The second-order valence-corrected chi connectivity index (χ2v) is 7.59. The quantitative estimate of drug-likeness (QED) is 0.814. The highest BCUT2D eigenvalue weighted by molar-refractivity contribution is 7.99. The molecule has 0 aliphatic carbocycles. The Bertz CT molecular complexity index is 599. The Kier molecular flexibility index (Phi) is 5.71. The number of alkyl halides is 3. The van der Waals surface area contributed by atoms with Gasteiger partial charge in [0.25, 0.3) is 0 Å². The van der Waals surface area contributed by atoms with Crippen molar-refractivity contribution in [2.75, 3.05) is 42.6 Å². The second-order valence-electron chi connectivity index (χ2n) is 6.37. The topological polar surface area (TPSA) is 49.3 Å². The van der Waals surface area contributed by atoms with Crippen LogP contribution in [-0.4, -0.2) is 58.5 Å². The lowest BCUT2D eigenvalue weighted by Gasteiger charge is -2.33. The normalized spacial score (nSPS) is 20.0. The van der Waals surface area contributed by atoms with Gasteiger partial charge in [0.1, 0.15) is 5.69 Å². The van der Waals surface area contributed by atoms with E-state index in [9.17, 15) is 18.0 Å². The van der Waals surface area contributed by atoms with E-state index in [4.69, 9.17) is 0 Å². The first-order valence-electron chi connectivity index (χ1n) is 8.44. The first-order chi connectivity index (χ1) is 11.9. The van der Waals surface area contributed by atoms with Crippen LogP contribution in [0.4, 0.5) is 19.1 Å². The van der Waals surface area contributed by atoms with Crippen LogP contribution in [-0.2, 0) is 11.0 Å². The van der Waals surface area contributed by atoms with Crippen LogP contribution >= 0.6 is 11.8 Å². The Morgan fingerprint density at radius 3 is 2.52 bits per heavy atom. The van der Waals surface area contributed by atoms with Crippen LogP contribution in [0.3, 0.4) is 0 Å². The van der Waals surface area contributed by atoms with E-state index in [2.05, 4.69) is 9.97 Å². The number of halogens is 3. The summed E-state index contributed by atoms with van der Waals surface area (Å²) in [6.45, 7) is 2.80. The van der Waals surface area contributed by atoms with Crippen molar-refractivity contribution >= 4 is 23.6 Å². The number of amides is 1. The smallest absolute Gasteiger partial charge is 0.341 e. The number of anilines is 1. The van der Waals surface area contributed by atoms with E-state index >= 15 is 0 Å². The maximum Gasteiger partial charge on any atom is 0.433 e. The Morgan fingerprint density at radius 2 is 1.88 bits per heavy atom. The molecule has 2 saturated heterocycles. The summed E-state index contributed by atoms with van der Waals surface area (Å²) >= 11 is 1.87. The molecule has 0 aromatic carbocycles. The molecule has 0 N–H and O–H groups in total. The summed E-state index contributed by atoms with van der Waals surface area (Å²) in [5.74, 6) is 2.60. The molecule has 0 atom stereocenters. The molecule has 2 fully saturated rings. The molecule has 138 valence electrons. The van der Waals surface area contributed by atoms with Crippen molar-refractivity contribution in [3.05, 3.63) is 18.0 Å². The van der Waals surface area contributed by atoms with Gasteiger partial charge in [-0.2, -0.15) is 24.9 Å². The summed E-state index contributed by atoms with van der Waals surface area (Å²) in [4.78, 5) is 23.6. The minimum atomic E-state index is -4.46. The van der Waals surface area contributed by atoms with E-state index in [0.29, 0.717) is 19.5 Å². The van der Waals surface area contributed by atoms with Crippen LogP contribution in [0.2, 0.25) is 0 Å². The summed E-state index contributed by atoms with van der Waals surface area (Å²) in [5.41, 5.74) is -0.919. The van der Waals surface area contributed by atoms with Gasteiger partial charge in [0.2, 0.25) is 11.9 Å². The van der Waals surface area contributed by atoms with E-state index in [-0.39, 0.29) is 17.8 Å². The molecule has 3 rings (SSSR count). The number of rotatable bonds is 3. The fourth-order valence-corrected chi connectivity index (χ4v) is 4.09. The van der Waals surface area contributed by atoms with Crippen LogP contribution in [0.1, 0.15) is 25.0 Å². The fourth-order valence-electron chi connectivity index (χ4n) is 3.18. The zero-order chi connectivity index (χ0) is 17.9. The van der Waals surface area contributed by atoms with Gasteiger partial charge in [0, 0.05) is 50.3 Å². The molecule has 9 heteroatoms. The standard InChI is InChI=1S/C16H21F3N4OS/c17-16(18,19)13-1-4-20-15(21-13)23-5-2-12(3-6-23)11-14(24)22-7-9-25-10-8-22/h1,4,12H,2-3,5-11H2. The summed E-state index contributed by atoms with van der Waals surface area (Å²) in [6, 6.07) is 0.881. The van der Waals surface area contributed by atoms with Crippen molar-refractivity contribution < 1.29 is 18.0 Å². The Balaban J connectivity index is 1.52. The highest BCUT2D eigenvalue weighted by Gasteiger charge is 2.33. The van der Waals surface area contributed by atoms with E-state index in [1.54, 1.807) is 4.90 Å². The third kappa shape index (κ3) is 4.77. The monoisotopic (exact) mass is 374 g/mol. The van der Waals surface area contributed by atoms with Crippen molar-refractivity contribution in [1.29, 1.82) is 0 Å². The van der Waals surface area contributed by atoms with E-state index in [0.717, 1.165) is 49.7 Å². The molecule has 0 bridgehead atoms. The first kappa shape index (κ1) is 18.3. The number of thioether (sulfide) groups is 1.